The van der Waals surface area contributed by atoms with Gasteiger partial charge in [0.1, 0.15) is 11.5 Å². The number of halogens is 1. The normalized spacial score (nSPS) is 19.3. The Morgan fingerprint density at radius 1 is 1.03 bits per heavy atom. The van der Waals surface area contributed by atoms with Gasteiger partial charge in [0.25, 0.3) is 11.8 Å². The van der Waals surface area contributed by atoms with E-state index in [0.717, 1.165) is 32.1 Å². The molecule has 0 aromatic heterocycles. The molecule has 1 atom stereocenters. The highest BCUT2D eigenvalue weighted by atomic mass is 19.1. The van der Waals surface area contributed by atoms with Gasteiger partial charge >= 0.3 is 0 Å². The number of carbonyl (C=O) groups is 2. The van der Waals surface area contributed by atoms with Gasteiger partial charge in [-0.1, -0.05) is 37.6 Å². The number of aliphatic hydroxyl groups is 1. The highest BCUT2D eigenvalue weighted by Crippen LogP contribution is 2.36. The number of aliphatic hydroxyl groups excluding tert-OH is 1. The van der Waals surface area contributed by atoms with E-state index in [-0.39, 0.29) is 18.4 Å². The van der Waals surface area contributed by atoms with Crippen molar-refractivity contribution in [3.05, 3.63) is 71.2 Å². The van der Waals surface area contributed by atoms with Crippen LogP contribution in [0.3, 0.4) is 0 Å². The molecule has 0 spiro atoms. The number of amides is 2. The fourth-order valence-corrected chi connectivity index (χ4v) is 4.53. The fraction of sp³-hybridized carbons (Fsp3) is 0.385. The van der Waals surface area contributed by atoms with Crippen LogP contribution < -0.4 is 4.90 Å². The summed E-state index contributed by atoms with van der Waals surface area (Å²) in [4.78, 5) is 30.3. The van der Waals surface area contributed by atoms with Crippen LogP contribution in [0.25, 0.3) is 5.57 Å². The molecule has 0 bridgehead atoms. The number of carbonyl (C=O) groups excluding carboxylic acids is 2. The second kappa shape index (κ2) is 9.65. The van der Waals surface area contributed by atoms with Crippen LogP contribution >= 0.6 is 0 Å². The zero-order valence-electron chi connectivity index (χ0n) is 18.4. The van der Waals surface area contributed by atoms with E-state index in [4.69, 9.17) is 0 Å². The number of imide groups is 1. The van der Waals surface area contributed by atoms with E-state index in [1.165, 1.54) is 22.6 Å². The number of hydrogen-bond acceptors (Lipinski definition) is 4. The second-order valence-corrected chi connectivity index (χ2v) is 8.58. The van der Waals surface area contributed by atoms with Gasteiger partial charge in [0.05, 0.1) is 11.3 Å². The van der Waals surface area contributed by atoms with Crippen LogP contribution in [0.1, 0.15) is 43.7 Å². The highest BCUT2D eigenvalue weighted by molar-refractivity contribution is 6.45. The maximum atomic E-state index is 13.6. The van der Waals surface area contributed by atoms with Gasteiger partial charge in [-0.15, -0.1) is 0 Å². The maximum absolute atomic E-state index is 13.6. The van der Waals surface area contributed by atoms with Gasteiger partial charge in [-0.2, -0.15) is 0 Å². The van der Waals surface area contributed by atoms with Crippen molar-refractivity contribution in [1.82, 2.24) is 4.90 Å². The lowest BCUT2D eigenvalue weighted by Crippen LogP contribution is -2.40. The molecular weight excluding hydrogens is 407 g/mol. The minimum atomic E-state index is -0.399. The third-order valence-electron chi connectivity index (χ3n) is 6.30. The van der Waals surface area contributed by atoms with Gasteiger partial charge in [0.2, 0.25) is 0 Å². The molecule has 5 nitrogen and oxygen atoms in total. The van der Waals surface area contributed by atoms with Crippen LogP contribution in [0.4, 0.5) is 10.1 Å². The predicted molar refractivity (Wildman–Crippen MR) is 122 cm³/mol. The molecule has 2 aliphatic rings. The number of benzene rings is 2. The van der Waals surface area contributed by atoms with Crippen molar-refractivity contribution in [3.8, 4) is 0 Å². The van der Waals surface area contributed by atoms with Crippen LogP contribution in [-0.2, 0) is 16.0 Å². The smallest absolute Gasteiger partial charge is 0.282 e. The summed E-state index contributed by atoms with van der Waals surface area (Å²) in [6, 6.07) is 13.2. The first kappa shape index (κ1) is 22.2. The summed E-state index contributed by atoms with van der Waals surface area (Å²) in [6.07, 6.45) is 4.86. The van der Waals surface area contributed by atoms with Gasteiger partial charge in [-0.05, 0) is 67.0 Å². The van der Waals surface area contributed by atoms with E-state index in [1.807, 2.05) is 29.2 Å². The molecule has 1 fully saturated rings. The summed E-state index contributed by atoms with van der Waals surface area (Å²) >= 11 is 0. The van der Waals surface area contributed by atoms with E-state index in [9.17, 15) is 19.1 Å². The lowest BCUT2D eigenvalue weighted by molar-refractivity contribution is -0.120. The zero-order chi connectivity index (χ0) is 22.7. The van der Waals surface area contributed by atoms with Crippen molar-refractivity contribution < 1.29 is 19.1 Å². The summed E-state index contributed by atoms with van der Waals surface area (Å²) < 4.78 is 13.5. The Morgan fingerprint density at radius 3 is 2.41 bits per heavy atom. The summed E-state index contributed by atoms with van der Waals surface area (Å²) in [7, 11) is 0. The molecule has 0 radical (unpaired) electrons. The predicted octanol–water partition coefficient (Wildman–Crippen LogP) is 4.16. The molecule has 6 heteroatoms. The van der Waals surface area contributed by atoms with Crippen molar-refractivity contribution in [1.29, 1.82) is 0 Å². The van der Waals surface area contributed by atoms with E-state index < -0.39 is 11.7 Å². The molecule has 2 aromatic carbocycles. The van der Waals surface area contributed by atoms with Crippen molar-refractivity contribution >= 4 is 23.1 Å². The standard InChI is InChI=1S/C26H29FN2O3/c1-2-3-5-18-7-13-22(14-8-18)29-25(31)23(20-9-11-21(27)12-10-20)24(26(29)32)28-15-4-6-19(16-28)17-30/h7-14,19,30H,2-6,15-17H2,1H3. The van der Waals surface area contributed by atoms with E-state index >= 15 is 0 Å². The number of anilines is 1. The van der Waals surface area contributed by atoms with Crippen LogP contribution in [0.5, 0.6) is 0 Å². The average Bonchev–Trinajstić information content (AvgIpc) is 3.08. The number of rotatable bonds is 7. The van der Waals surface area contributed by atoms with Gasteiger partial charge in [-0.25, -0.2) is 9.29 Å². The number of unbranched alkanes of at least 4 members (excludes halogenated alkanes) is 1. The van der Waals surface area contributed by atoms with Crippen LogP contribution in [0, 0.1) is 11.7 Å². The summed E-state index contributed by atoms with van der Waals surface area (Å²) in [5, 5.41) is 9.65. The molecule has 0 aliphatic carbocycles. The van der Waals surface area contributed by atoms with E-state index in [2.05, 4.69) is 6.92 Å². The number of hydrogen-bond donors (Lipinski definition) is 1. The van der Waals surface area contributed by atoms with Crippen LogP contribution in [0.15, 0.2) is 54.2 Å². The molecule has 2 amide bonds. The Balaban J connectivity index is 1.72. The van der Waals surface area contributed by atoms with Gasteiger partial charge in [0, 0.05) is 19.7 Å². The first-order chi connectivity index (χ1) is 15.5. The number of piperidine rings is 1. The lowest BCUT2D eigenvalue weighted by atomic mass is 9.97. The molecular formula is C26H29FN2O3. The highest BCUT2D eigenvalue weighted by Gasteiger charge is 2.43. The summed E-state index contributed by atoms with van der Waals surface area (Å²) in [5.74, 6) is -1.11. The Bertz CT molecular complexity index is 1010. The van der Waals surface area contributed by atoms with Crippen molar-refractivity contribution in [2.24, 2.45) is 5.92 Å². The minimum Gasteiger partial charge on any atom is -0.396 e. The average molecular weight is 437 g/mol. The van der Waals surface area contributed by atoms with E-state index in [1.54, 1.807) is 12.1 Å². The van der Waals surface area contributed by atoms with Crippen molar-refractivity contribution in [2.45, 2.75) is 39.0 Å². The Hall–Kier alpha value is -2.99. The number of likely N-dealkylation sites (tertiary alicyclic amines) is 1. The SMILES string of the molecule is CCCCc1ccc(N2C(=O)C(c3ccc(F)cc3)=C(N3CCCC(CO)C3)C2=O)cc1. The summed E-state index contributed by atoms with van der Waals surface area (Å²) in [5.41, 5.74) is 2.86. The Morgan fingerprint density at radius 2 is 1.75 bits per heavy atom. The zero-order valence-corrected chi connectivity index (χ0v) is 18.4. The Kier molecular flexibility index (Phi) is 6.70. The maximum Gasteiger partial charge on any atom is 0.282 e. The van der Waals surface area contributed by atoms with Gasteiger partial charge in [-0.3, -0.25) is 9.59 Å². The van der Waals surface area contributed by atoms with Crippen LogP contribution in [0.2, 0.25) is 0 Å². The molecule has 1 N–H and O–H groups in total. The van der Waals surface area contributed by atoms with Crippen LogP contribution in [-0.4, -0.2) is 41.5 Å². The first-order valence-corrected chi connectivity index (χ1v) is 11.4. The molecule has 168 valence electrons. The van der Waals surface area contributed by atoms with Gasteiger partial charge in [0.15, 0.2) is 0 Å². The molecule has 1 unspecified atom stereocenters. The molecule has 1 saturated heterocycles. The molecule has 4 rings (SSSR count). The van der Waals surface area contributed by atoms with Crippen molar-refractivity contribution in [3.63, 3.8) is 0 Å². The third-order valence-corrected chi connectivity index (χ3v) is 6.30. The first-order valence-electron chi connectivity index (χ1n) is 11.4. The van der Waals surface area contributed by atoms with Crippen molar-refractivity contribution in [2.75, 3.05) is 24.6 Å². The topological polar surface area (TPSA) is 60.9 Å². The van der Waals surface area contributed by atoms with Gasteiger partial charge < -0.3 is 10.0 Å². The molecule has 2 heterocycles. The lowest BCUT2D eigenvalue weighted by Gasteiger charge is -2.34. The third kappa shape index (κ3) is 4.32. The number of aryl methyl sites for hydroxylation is 1. The molecule has 2 aliphatic heterocycles. The molecule has 32 heavy (non-hydrogen) atoms. The molecule has 2 aromatic rings. The fourth-order valence-electron chi connectivity index (χ4n) is 4.53. The number of nitrogens with zero attached hydrogens (tertiary/aromatic N) is 2. The monoisotopic (exact) mass is 436 g/mol. The largest absolute Gasteiger partial charge is 0.396 e. The summed E-state index contributed by atoms with van der Waals surface area (Å²) in [6.45, 7) is 3.33. The minimum absolute atomic E-state index is 0.0424. The Labute approximate surface area is 188 Å². The van der Waals surface area contributed by atoms with E-state index in [0.29, 0.717) is 35.6 Å². The quantitative estimate of drug-likeness (QED) is 0.663. The second-order valence-electron chi connectivity index (χ2n) is 8.58. The molecule has 0 saturated carbocycles.